The minimum absolute atomic E-state index is 0.313. The lowest BCUT2D eigenvalue weighted by molar-refractivity contribution is 0.653. The number of nitrogens with one attached hydrogen (secondary N) is 1. The molecule has 0 aromatic carbocycles. The first-order valence-corrected chi connectivity index (χ1v) is 6.65. The number of pyridine rings is 1. The average Bonchev–Trinajstić information content (AvgIpc) is 2.20. The van der Waals surface area contributed by atoms with Crippen molar-refractivity contribution in [2.45, 2.75) is 38.5 Å². The number of hydrogen-bond donors (Lipinski definition) is 1. The van der Waals surface area contributed by atoms with Gasteiger partial charge in [-0.15, -0.1) is 0 Å². The molecule has 1 atom stereocenters. The highest BCUT2D eigenvalue weighted by Gasteiger charge is 2.15. The Morgan fingerprint density at radius 2 is 2.06 bits per heavy atom. The van der Waals surface area contributed by atoms with Gasteiger partial charge in [-0.1, -0.05) is 26.8 Å². The molecule has 0 aliphatic heterocycles. The fraction of sp³-hybridized carbons (Fsp3) is 0.615. The van der Waals surface area contributed by atoms with E-state index in [0.29, 0.717) is 10.8 Å². The SMILES string of the molecule is CNC(CSC(C)(C)C)c1ccc(C)nc1. The second-order valence-corrected chi connectivity index (χ2v) is 6.84. The maximum Gasteiger partial charge on any atom is 0.0424 e. The van der Waals surface area contributed by atoms with Crippen LogP contribution in [0.15, 0.2) is 18.3 Å². The summed E-state index contributed by atoms with van der Waals surface area (Å²) < 4.78 is 0.313. The van der Waals surface area contributed by atoms with E-state index in [1.165, 1.54) is 5.56 Å². The Hall–Kier alpha value is -0.540. The van der Waals surface area contributed by atoms with Gasteiger partial charge in [0.15, 0.2) is 0 Å². The number of thioether (sulfide) groups is 1. The molecule has 0 fully saturated rings. The van der Waals surface area contributed by atoms with E-state index in [-0.39, 0.29) is 0 Å². The predicted molar refractivity (Wildman–Crippen MR) is 73.0 cm³/mol. The molecule has 0 saturated heterocycles. The number of aromatic nitrogens is 1. The Bertz CT molecular complexity index is 314. The van der Waals surface area contributed by atoms with Crippen LogP contribution in [-0.4, -0.2) is 22.5 Å². The van der Waals surface area contributed by atoms with Gasteiger partial charge in [0.2, 0.25) is 0 Å². The summed E-state index contributed by atoms with van der Waals surface area (Å²) in [5, 5.41) is 3.35. The van der Waals surface area contributed by atoms with Crippen LogP contribution >= 0.6 is 11.8 Å². The third-order valence-corrected chi connectivity index (χ3v) is 3.73. The lowest BCUT2D eigenvalue weighted by Crippen LogP contribution is -2.22. The molecule has 1 aromatic heterocycles. The molecular weight excluding hydrogens is 216 g/mol. The van der Waals surface area contributed by atoms with Gasteiger partial charge in [0.25, 0.3) is 0 Å². The Labute approximate surface area is 103 Å². The van der Waals surface area contributed by atoms with Gasteiger partial charge in [-0.2, -0.15) is 11.8 Å². The molecule has 2 nitrogen and oxygen atoms in total. The van der Waals surface area contributed by atoms with E-state index in [9.17, 15) is 0 Å². The van der Waals surface area contributed by atoms with Crippen LogP contribution in [0.1, 0.15) is 38.1 Å². The van der Waals surface area contributed by atoms with Crippen molar-refractivity contribution >= 4 is 11.8 Å². The molecule has 3 heteroatoms. The zero-order valence-corrected chi connectivity index (χ0v) is 11.7. The van der Waals surface area contributed by atoms with Crippen molar-refractivity contribution in [2.75, 3.05) is 12.8 Å². The molecule has 0 spiro atoms. The summed E-state index contributed by atoms with van der Waals surface area (Å²) in [5.41, 5.74) is 2.34. The quantitative estimate of drug-likeness (QED) is 0.872. The fourth-order valence-electron chi connectivity index (χ4n) is 1.36. The van der Waals surface area contributed by atoms with Crippen molar-refractivity contribution in [3.8, 4) is 0 Å². The largest absolute Gasteiger partial charge is 0.312 e. The molecule has 16 heavy (non-hydrogen) atoms. The van der Waals surface area contributed by atoms with Crippen LogP contribution in [0.4, 0.5) is 0 Å². The standard InChI is InChI=1S/C13H22N2S/c1-10-6-7-11(8-15-10)12(14-5)9-16-13(2,3)4/h6-8,12,14H,9H2,1-5H3. The number of rotatable bonds is 4. The van der Waals surface area contributed by atoms with Crippen molar-refractivity contribution in [1.82, 2.24) is 10.3 Å². The first kappa shape index (κ1) is 13.5. The highest BCUT2D eigenvalue weighted by Crippen LogP contribution is 2.27. The summed E-state index contributed by atoms with van der Waals surface area (Å²) >= 11 is 1.98. The summed E-state index contributed by atoms with van der Waals surface area (Å²) in [6.45, 7) is 8.76. The molecule has 0 aliphatic carbocycles. The van der Waals surface area contributed by atoms with Crippen LogP contribution in [-0.2, 0) is 0 Å². The smallest absolute Gasteiger partial charge is 0.0424 e. The van der Waals surface area contributed by atoms with Gasteiger partial charge in [0, 0.05) is 28.4 Å². The minimum atomic E-state index is 0.313. The number of aryl methyl sites for hydroxylation is 1. The molecule has 1 unspecified atom stereocenters. The summed E-state index contributed by atoms with van der Waals surface area (Å²) in [6.07, 6.45) is 1.97. The third-order valence-electron chi connectivity index (χ3n) is 2.37. The van der Waals surface area contributed by atoms with Gasteiger partial charge in [0.1, 0.15) is 0 Å². The van der Waals surface area contributed by atoms with E-state index >= 15 is 0 Å². The lowest BCUT2D eigenvalue weighted by Gasteiger charge is -2.22. The highest BCUT2D eigenvalue weighted by atomic mass is 32.2. The molecule has 0 saturated carbocycles. The second-order valence-electron chi connectivity index (χ2n) is 5.00. The van der Waals surface area contributed by atoms with Crippen molar-refractivity contribution in [3.63, 3.8) is 0 Å². The van der Waals surface area contributed by atoms with E-state index < -0.39 is 0 Å². The van der Waals surface area contributed by atoms with E-state index in [0.717, 1.165) is 11.4 Å². The van der Waals surface area contributed by atoms with Crippen molar-refractivity contribution in [1.29, 1.82) is 0 Å². The highest BCUT2D eigenvalue weighted by molar-refractivity contribution is 8.00. The molecule has 1 aromatic rings. The van der Waals surface area contributed by atoms with Crippen LogP contribution < -0.4 is 5.32 Å². The zero-order valence-electron chi connectivity index (χ0n) is 10.9. The summed E-state index contributed by atoms with van der Waals surface area (Å²) in [5.74, 6) is 1.07. The van der Waals surface area contributed by atoms with Gasteiger partial charge in [-0.25, -0.2) is 0 Å². The van der Waals surface area contributed by atoms with Crippen molar-refractivity contribution in [2.24, 2.45) is 0 Å². The van der Waals surface area contributed by atoms with E-state index in [2.05, 4.69) is 43.2 Å². The summed E-state index contributed by atoms with van der Waals surface area (Å²) in [4.78, 5) is 4.34. The van der Waals surface area contributed by atoms with Crippen LogP contribution in [0.25, 0.3) is 0 Å². The molecule has 0 radical (unpaired) electrons. The molecule has 0 bridgehead atoms. The Morgan fingerprint density at radius 1 is 1.38 bits per heavy atom. The minimum Gasteiger partial charge on any atom is -0.312 e. The molecule has 1 N–H and O–H groups in total. The van der Waals surface area contributed by atoms with E-state index in [4.69, 9.17) is 0 Å². The fourth-order valence-corrected chi connectivity index (χ4v) is 2.39. The molecule has 90 valence electrons. The molecule has 0 aliphatic rings. The van der Waals surface area contributed by atoms with Crippen LogP contribution in [0.3, 0.4) is 0 Å². The number of nitrogens with zero attached hydrogens (tertiary/aromatic N) is 1. The molecular formula is C13H22N2S. The lowest BCUT2D eigenvalue weighted by atomic mass is 10.1. The van der Waals surface area contributed by atoms with Crippen molar-refractivity contribution < 1.29 is 0 Å². The van der Waals surface area contributed by atoms with E-state index in [1.807, 2.05) is 31.9 Å². The average molecular weight is 238 g/mol. The molecule has 1 heterocycles. The van der Waals surface area contributed by atoms with Crippen molar-refractivity contribution in [3.05, 3.63) is 29.6 Å². The zero-order chi connectivity index (χ0) is 12.2. The molecule has 0 amide bonds. The van der Waals surface area contributed by atoms with Gasteiger partial charge >= 0.3 is 0 Å². The number of hydrogen-bond acceptors (Lipinski definition) is 3. The Balaban J connectivity index is 2.64. The maximum absolute atomic E-state index is 4.34. The monoisotopic (exact) mass is 238 g/mol. The summed E-state index contributed by atoms with van der Waals surface area (Å²) in [6, 6.07) is 4.62. The Morgan fingerprint density at radius 3 is 2.50 bits per heavy atom. The first-order chi connectivity index (χ1) is 7.42. The molecule has 1 rings (SSSR count). The van der Waals surface area contributed by atoms with Crippen LogP contribution in [0.5, 0.6) is 0 Å². The van der Waals surface area contributed by atoms with Gasteiger partial charge in [0.05, 0.1) is 0 Å². The first-order valence-electron chi connectivity index (χ1n) is 5.66. The predicted octanol–water partition coefficient (Wildman–Crippen LogP) is 3.18. The van der Waals surface area contributed by atoms with E-state index in [1.54, 1.807) is 0 Å². The van der Waals surface area contributed by atoms with Crippen LogP contribution in [0.2, 0.25) is 0 Å². The summed E-state index contributed by atoms with van der Waals surface area (Å²) in [7, 11) is 2.01. The van der Waals surface area contributed by atoms with Gasteiger partial charge in [-0.05, 0) is 25.6 Å². The third kappa shape index (κ3) is 4.54. The van der Waals surface area contributed by atoms with Crippen LogP contribution in [0, 0.1) is 6.92 Å². The Kier molecular flexibility index (Phi) is 4.81. The van der Waals surface area contributed by atoms with Gasteiger partial charge in [-0.3, -0.25) is 4.98 Å². The normalized spacial score (nSPS) is 13.8. The van der Waals surface area contributed by atoms with Gasteiger partial charge < -0.3 is 5.32 Å². The topological polar surface area (TPSA) is 24.9 Å². The maximum atomic E-state index is 4.34. The second kappa shape index (κ2) is 5.69.